The SMILES string of the molecule is Cc1nc(-c2noc(-c3ccc(F)cn3)n2)cc(-c2cncc(F)c2C)c1F. The van der Waals surface area contributed by atoms with Crippen molar-refractivity contribution in [1.29, 1.82) is 0 Å². The Balaban J connectivity index is 1.80. The first-order chi connectivity index (χ1) is 13.4. The van der Waals surface area contributed by atoms with Gasteiger partial charge in [0.05, 0.1) is 18.1 Å². The van der Waals surface area contributed by atoms with Gasteiger partial charge in [0.15, 0.2) is 5.82 Å². The number of aryl methyl sites for hydroxylation is 1. The van der Waals surface area contributed by atoms with Crippen LogP contribution in [0.5, 0.6) is 0 Å². The summed E-state index contributed by atoms with van der Waals surface area (Å²) in [5.74, 6) is -1.49. The summed E-state index contributed by atoms with van der Waals surface area (Å²) in [6.07, 6.45) is 3.47. The summed E-state index contributed by atoms with van der Waals surface area (Å²) in [6.45, 7) is 3.01. The quantitative estimate of drug-likeness (QED) is 0.525. The molecule has 0 saturated heterocycles. The highest BCUT2D eigenvalue weighted by atomic mass is 19.1. The third-order valence-corrected chi connectivity index (χ3v) is 4.17. The largest absolute Gasteiger partial charge is 0.332 e. The van der Waals surface area contributed by atoms with E-state index >= 15 is 0 Å². The van der Waals surface area contributed by atoms with Crippen LogP contribution in [0.3, 0.4) is 0 Å². The summed E-state index contributed by atoms with van der Waals surface area (Å²) in [6, 6.07) is 4.01. The summed E-state index contributed by atoms with van der Waals surface area (Å²) in [7, 11) is 0. The predicted octanol–water partition coefficient (Wildman–Crippen LogP) is 4.29. The lowest BCUT2D eigenvalue weighted by atomic mass is 10.0. The molecule has 0 aliphatic rings. The van der Waals surface area contributed by atoms with Gasteiger partial charge in [0, 0.05) is 17.3 Å². The molecule has 9 heteroatoms. The Morgan fingerprint density at radius 2 is 1.71 bits per heavy atom. The Morgan fingerprint density at radius 1 is 0.893 bits per heavy atom. The normalized spacial score (nSPS) is 11.0. The zero-order valence-electron chi connectivity index (χ0n) is 14.7. The summed E-state index contributed by atoms with van der Waals surface area (Å²) >= 11 is 0. The molecule has 0 N–H and O–H groups in total. The van der Waals surface area contributed by atoms with Gasteiger partial charge in [-0.15, -0.1) is 0 Å². The summed E-state index contributed by atoms with van der Waals surface area (Å²) < 4.78 is 46.7. The van der Waals surface area contributed by atoms with E-state index in [1.807, 2.05) is 0 Å². The summed E-state index contributed by atoms with van der Waals surface area (Å²) in [5, 5.41) is 3.84. The maximum Gasteiger partial charge on any atom is 0.276 e. The van der Waals surface area contributed by atoms with Gasteiger partial charge in [-0.2, -0.15) is 4.98 Å². The predicted molar refractivity (Wildman–Crippen MR) is 93.3 cm³/mol. The Bertz CT molecular complexity index is 1170. The molecule has 4 aromatic heterocycles. The molecule has 0 fully saturated rings. The molecular formula is C19H12F3N5O. The average molecular weight is 383 g/mol. The lowest BCUT2D eigenvalue weighted by Gasteiger charge is -2.10. The zero-order valence-corrected chi connectivity index (χ0v) is 14.7. The number of hydrogen-bond acceptors (Lipinski definition) is 6. The zero-order chi connectivity index (χ0) is 19.8. The van der Waals surface area contributed by atoms with Crippen molar-refractivity contribution in [3.05, 3.63) is 65.5 Å². The van der Waals surface area contributed by atoms with E-state index in [1.165, 1.54) is 38.2 Å². The molecule has 4 aromatic rings. The minimum atomic E-state index is -0.594. The second-order valence-corrected chi connectivity index (χ2v) is 6.03. The molecule has 0 spiro atoms. The molecular weight excluding hydrogens is 371 g/mol. The van der Waals surface area contributed by atoms with Gasteiger partial charge < -0.3 is 4.52 Å². The Kier molecular flexibility index (Phi) is 4.34. The third kappa shape index (κ3) is 3.11. The number of nitrogens with zero attached hydrogens (tertiary/aromatic N) is 5. The van der Waals surface area contributed by atoms with Gasteiger partial charge >= 0.3 is 0 Å². The third-order valence-electron chi connectivity index (χ3n) is 4.17. The van der Waals surface area contributed by atoms with Crippen LogP contribution >= 0.6 is 0 Å². The number of rotatable bonds is 3. The van der Waals surface area contributed by atoms with Crippen LogP contribution in [-0.4, -0.2) is 25.1 Å². The van der Waals surface area contributed by atoms with E-state index in [4.69, 9.17) is 4.52 Å². The number of hydrogen-bond donors (Lipinski definition) is 0. The first-order valence-corrected chi connectivity index (χ1v) is 8.17. The van der Waals surface area contributed by atoms with Crippen molar-refractivity contribution in [3.8, 4) is 34.2 Å². The van der Waals surface area contributed by atoms with Crippen molar-refractivity contribution in [2.24, 2.45) is 0 Å². The molecule has 0 radical (unpaired) electrons. The van der Waals surface area contributed by atoms with E-state index in [2.05, 4.69) is 25.1 Å². The van der Waals surface area contributed by atoms with Gasteiger partial charge in [-0.05, 0) is 37.6 Å². The Morgan fingerprint density at radius 3 is 2.46 bits per heavy atom. The van der Waals surface area contributed by atoms with Crippen molar-refractivity contribution in [2.75, 3.05) is 0 Å². The van der Waals surface area contributed by atoms with Crippen LogP contribution in [0, 0.1) is 31.3 Å². The van der Waals surface area contributed by atoms with Crippen LogP contribution in [0.4, 0.5) is 13.2 Å². The fourth-order valence-corrected chi connectivity index (χ4v) is 2.67. The van der Waals surface area contributed by atoms with Crippen molar-refractivity contribution in [3.63, 3.8) is 0 Å². The molecule has 0 amide bonds. The van der Waals surface area contributed by atoms with Crippen molar-refractivity contribution in [2.45, 2.75) is 13.8 Å². The first kappa shape index (κ1) is 17.8. The monoisotopic (exact) mass is 383 g/mol. The molecule has 0 aliphatic carbocycles. The molecule has 140 valence electrons. The maximum absolute atomic E-state index is 14.7. The van der Waals surface area contributed by atoms with Crippen molar-refractivity contribution < 1.29 is 17.7 Å². The van der Waals surface area contributed by atoms with Crippen molar-refractivity contribution >= 4 is 0 Å². The van der Waals surface area contributed by atoms with E-state index in [0.29, 0.717) is 5.56 Å². The summed E-state index contributed by atoms with van der Waals surface area (Å²) in [5.41, 5.74) is 1.28. The maximum atomic E-state index is 14.7. The first-order valence-electron chi connectivity index (χ1n) is 8.17. The van der Waals surface area contributed by atoms with E-state index in [1.54, 1.807) is 0 Å². The van der Waals surface area contributed by atoms with Crippen LogP contribution in [0.2, 0.25) is 0 Å². The molecule has 6 nitrogen and oxygen atoms in total. The van der Waals surface area contributed by atoms with Gasteiger partial charge in [0.2, 0.25) is 5.82 Å². The molecule has 0 aromatic carbocycles. The standard InChI is InChI=1S/C19H12F3N5O/c1-9-13(7-23-8-14(9)21)12-5-16(25-10(2)17(12)22)18-26-19(28-27-18)15-4-3-11(20)6-24-15/h3-8H,1-2H3. The Labute approximate surface area is 157 Å². The van der Waals surface area contributed by atoms with Gasteiger partial charge in [0.1, 0.15) is 23.0 Å². The second kappa shape index (κ2) is 6.84. The summed E-state index contributed by atoms with van der Waals surface area (Å²) in [4.78, 5) is 16.0. The minimum Gasteiger partial charge on any atom is -0.332 e. The van der Waals surface area contributed by atoms with E-state index in [0.717, 1.165) is 12.4 Å². The van der Waals surface area contributed by atoms with Crippen molar-refractivity contribution in [1.82, 2.24) is 25.1 Å². The highest BCUT2D eigenvalue weighted by Crippen LogP contribution is 2.31. The lowest BCUT2D eigenvalue weighted by Crippen LogP contribution is -1.99. The van der Waals surface area contributed by atoms with E-state index < -0.39 is 17.5 Å². The van der Waals surface area contributed by atoms with Gasteiger partial charge in [0.25, 0.3) is 5.89 Å². The smallest absolute Gasteiger partial charge is 0.276 e. The van der Waals surface area contributed by atoms with Gasteiger partial charge in [-0.3, -0.25) is 4.98 Å². The number of halogens is 3. The highest BCUT2D eigenvalue weighted by molar-refractivity contribution is 5.71. The minimum absolute atomic E-state index is 0.0592. The van der Waals surface area contributed by atoms with Gasteiger partial charge in [-0.25, -0.2) is 23.1 Å². The van der Waals surface area contributed by atoms with Crippen LogP contribution in [-0.2, 0) is 0 Å². The molecule has 0 saturated carbocycles. The van der Waals surface area contributed by atoms with Crippen LogP contribution in [0.1, 0.15) is 11.3 Å². The molecule has 0 aliphatic heterocycles. The van der Waals surface area contributed by atoms with Gasteiger partial charge in [-0.1, -0.05) is 5.16 Å². The molecule has 0 atom stereocenters. The molecule has 28 heavy (non-hydrogen) atoms. The topological polar surface area (TPSA) is 77.6 Å². The highest BCUT2D eigenvalue weighted by Gasteiger charge is 2.19. The number of pyridine rings is 3. The second-order valence-electron chi connectivity index (χ2n) is 6.03. The molecule has 0 unspecified atom stereocenters. The lowest BCUT2D eigenvalue weighted by molar-refractivity contribution is 0.430. The fourth-order valence-electron chi connectivity index (χ4n) is 2.67. The fraction of sp³-hybridized carbons (Fsp3) is 0.105. The van der Waals surface area contributed by atoms with Crippen LogP contribution in [0.15, 0.2) is 41.3 Å². The molecule has 4 heterocycles. The van der Waals surface area contributed by atoms with E-state index in [-0.39, 0.29) is 39.9 Å². The Hall–Kier alpha value is -3.62. The van der Waals surface area contributed by atoms with Crippen LogP contribution in [0.25, 0.3) is 34.2 Å². The van der Waals surface area contributed by atoms with E-state index in [9.17, 15) is 13.2 Å². The number of aromatic nitrogens is 5. The molecule has 4 rings (SSSR count). The molecule has 0 bridgehead atoms. The average Bonchev–Trinajstić information content (AvgIpc) is 3.17. The van der Waals surface area contributed by atoms with Crippen LogP contribution < -0.4 is 0 Å².